The fourth-order valence-electron chi connectivity index (χ4n) is 3.95. The van der Waals surface area contributed by atoms with Gasteiger partial charge in [0.05, 0.1) is 6.26 Å². The Balaban J connectivity index is 1.58. The Morgan fingerprint density at radius 3 is 2.58 bits per heavy atom. The molecule has 1 heterocycles. The molecule has 1 aliphatic carbocycles. The first kappa shape index (κ1) is 22.6. The third kappa shape index (κ3) is 6.44. The molecule has 4 atom stereocenters. The van der Waals surface area contributed by atoms with Crippen molar-refractivity contribution in [2.45, 2.75) is 51.6 Å². The smallest absolute Gasteiger partial charge is 0.329 e. The van der Waals surface area contributed by atoms with Crippen molar-refractivity contribution in [2.24, 2.45) is 11.8 Å². The van der Waals surface area contributed by atoms with E-state index in [1.807, 2.05) is 30.3 Å². The molecule has 1 aromatic carbocycles. The zero-order valence-electron chi connectivity index (χ0n) is 18.0. The van der Waals surface area contributed by atoms with Crippen LogP contribution in [0.2, 0.25) is 0 Å². The molecule has 0 radical (unpaired) electrons. The van der Waals surface area contributed by atoms with Crippen molar-refractivity contribution in [1.82, 2.24) is 10.6 Å². The molecule has 1 fully saturated rings. The molecule has 1 aliphatic rings. The van der Waals surface area contributed by atoms with Crippen LogP contribution in [0.5, 0.6) is 0 Å². The minimum atomic E-state index is -0.943. The Bertz CT molecular complexity index is 865. The van der Waals surface area contributed by atoms with Crippen LogP contribution in [0.15, 0.2) is 53.1 Å². The van der Waals surface area contributed by atoms with Crippen molar-refractivity contribution >= 4 is 17.8 Å². The number of rotatable bonds is 8. The molecule has 0 saturated heterocycles. The second-order valence-corrected chi connectivity index (χ2v) is 8.24. The predicted octanol–water partition coefficient (Wildman–Crippen LogP) is 3.10. The zero-order chi connectivity index (χ0) is 22.2. The van der Waals surface area contributed by atoms with Crippen LogP contribution < -0.4 is 10.6 Å². The predicted molar refractivity (Wildman–Crippen MR) is 115 cm³/mol. The van der Waals surface area contributed by atoms with Crippen LogP contribution in [0.1, 0.15) is 49.2 Å². The number of esters is 1. The van der Waals surface area contributed by atoms with Gasteiger partial charge in [0, 0.05) is 12.5 Å². The van der Waals surface area contributed by atoms with Gasteiger partial charge in [-0.15, -0.1) is 0 Å². The summed E-state index contributed by atoms with van der Waals surface area (Å²) in [5.41, 5.74) is 0.860. The third-order valence-electron chi connectivity index (χ3n) is 6.02. The lowest BCUT2D eigenvalue weighted by Crippen LogP contribution is -2.47. The van der Waals surface area contributed by atoms with Crippen LogP contribution >= 0.6 is 0 Å². The molecule has 0 spiro atoms. The van der Waals surface area contributed by atoms with Gasteiger partial charge >= 0.3 is 5.97 Å². The summed E-state index contributed by atoms with van der Waals surface area (Å²) in [5, 5.41) is 5.63. The molecule has 3 rings (SSSR count). The van der Waals surface area contributed by atoms with Crippen LogP contribution in [0, 0.1) is 11.8 Å². The molecule has 2 aromatic rings. The van der Waals surface area contributed by atoms with E-state index in [1.54, 1.807) is 6.07 Å². The average molecular weight is 427 g/mol. The summed E-state index contributed by atoms with van der Waals surface area (Å²) in [6.45, 7) is 3.96. The Labute approximate surface area is 182 Å². The highest BCUT2D eigenvalue weighted by molar-refractivity contribution is 5.94. The van der Waals surface area contributed by atoms with Gasteiger partial charge in [-0.25, -0.2) is 4.79 Å². The Morgan fingerprint density at radius 1 is 1.10 bits per heavy atom. The number of ether oxygens (including phenoxy) is 1. The largest absolute Gasteiger partial charge is 0.459 e. The zero-order valence-corrected chi connectivity index (χ0v) is 18.0. The molecule has 0 unspecified atom stereocenters. The van der Waals surface area contributed by atoms with Crippen molar-refractivity contribution in [3.63, 3.8) is 0 Å². The molecule has 31 heavy (non-hydrogen) atoms. The second-order valence-electron chi connectivity index (χ2n) is 8.24. The minimum absolute atomic E-state index is 0.0914. The summed E-state index contributed by atoms with van der Waals surface area (Å²) < 4.78 is 10.4. The number of furan rings is 1. The highest BCUT2D eigenvalue weighted by Gasteiger charge is 2.29. The van der Waals surface area contributed by atoms with E-state index < -0.39 is 17.9 Å². The molecule has 2 amide bonds. The van der Waals surface area contributed by atoms with E-state index in [4.69, 9.17) is 9.15 Å². The second kappa shape index (κ2) is 10.8. The Hall–Kier alpha value is -3.09. The number of hydrogen-bond donors (Lipinski definition) is 2. The van der Waals surface area contributed by atoms with Crippen LogP contribution in [-0.4, -0.2) is 36.5 Å². The van der Waals surface area contributed by atoms with Gasteiger partial charge in [-0.2, -0.15) is 0 Å². The summed E-state index contributed by atoms with van der Waals surface area (Å²) >= 11 is 0. The summed E-state index contributed by atoms with van der Waals surface area (Å²) in [5.74, 6) is -0.471. The SMILES string of the molecule is C[C@@H]1[C@@H](C)CCC[C@H]1NC(=O)COC(=O)[C@H](Cc1ccccc1)NC(=O)c1ccco1. The fraction of sp³-hybridized carbons (Fsp3) is 0.458. The molecule has 1 aromatic heterocycles. The maximum absolute atomic E-state index is 12.7. The van der Waals surface area contributed by atoms with Crippen LogP contribution in [0.3, 0.4) is 0 Å². The molecule has 0 aliphatic heterocycles. The van der Waals surface area contributed by atoms with E-state index >= 15 is 0 Å². The van der Waals surface area contributed by atoms with Crippen molar-refractivity contribution in [3.8, 4) is 0 Å². The molecular formula is C24H30N2O5. The minimum Gasteiger partial charge on any atom is -0.459 e. The fourth-order valence-corrected chi connectivity index (χ4v) is 3.95. The topological polar surface area (TPSA) is 97.6 Å². The molecule has 166 valence electrons. The van der Waals surface area contributed by atoms with Crippen LogP contribution in [0.25, 0.3) is 0 Å². The number of carbonyl (C=O) groups is 3. The van der Waals surface area contributed by atoms with Crippen molar-refractivity contribution in [2.75, 3.05) is 6.61 Å². The van der Waals surface area contributed by atoms with E-state index in [1.165, 1.54) is 18.8 Å². The highest BCUT2D eigenvalue weighted by atomic mass is 16.5. The first-order chi connectivity index (χ1) is 14.9. The van der Waals surface area contributed by atoms with Gasteiger partial charge in [-0.1, -0.05) is 57.0 Å². The summed E-state index contributed by atoms with van der Waals surface area (Å²) in [6.07, 6.45) is 4.80. The number of amides is 2. The van der Waals surface area contributed by atoms with Crippen LogP contribution in [-0.2, 0) is 20.7 Å². The van der Waals surface area contributed by atoms with Gasteiger partial charge in [-0.05, 0) is 36.0 Å². The number of benzene rings is 1. The van der Waals surface area contributed by atoms with E-state index in [9.17, 15) is 14.4 Å². The van der Waals surface area contributed by atoms with Crippen molar-refractivity contribution < 1.29 is 23.5 Å². The van der Waals surface area contributed by atoms with Gasteiger partial charge in [-0.3, -0.25) is 9.59 Å². The van der Waals surface area contributed by atoms with Crippen molar-refractivity contribution in [1.29, 1.82) is 0 Å². The van der Waals surface area contributed by atoms with E-state index in [2.05, 4.69) is 24.5 Å². The van der Waals surface area contributed by atoms with Crippen molar-refractivity contribution in [3.05, 3.63) is 60.1 Å². The number of carbonyl (C=O) groups excluding carboxylic acids is 3. The maximum atomic E-state index is 12.7. The van der Waals surface area contributed by atoms with E-state index in [-0.39, 0.29) is 30.7 Å². The Kier molecular flexibility index (Phi) is 7.87. The normalized spacial score (nSPS) is 21.7. The standard InChI is InChI=1S/C24H30N2O5/c1-16-8-6-11-19(17(16)2)25-22(27)15-31-24(29)20(14-18-9-4-3-5-10-18)26-23(28)21-12-7-13-30-21/h3-5,7,9-10,12-13,16-17,19-20H,6,8,11,14-15H2,1-2H3,(H,25,27)(H,26,28)/t16-,17+,19+,20-/m0/s1. The number of nitrogens with one attached hydrogen (secondary N) is 2. The first-order valence-electron chi connectivity index (χ1n) is 10.8. The summed E-state index contributed by atoms with van der Waals surface area (Å²) in [6, 6.07) is 11.6. The lowest BCUT2D eigenvalue weighted by molar-refractivity contribution is -0.150. The van der Waals surface area contributed by atoms with Crippen LogP contribution in [0.4, 0.5) is 0 Å². The quantitative estimate of drug-likeness (QED) is 0.632. The Morgan fingerprint density at radius 2 is 1.87 bits per heavy atom. The lowest BCUT2D eigenvalue weighted by atomic mass is 9.78. The molecule has 2 N–H and O–H groups in total. The summed E-state index contributed by atoms with van der Waals surface area (Å²) in [7, 11) is 0. The summed E-state index contributed by atoms with van der Waals surface area (Å²) in [4.78, 5) is 37.5. The van der Waals surface area contributed by atoms with Gasteiger partial charge in [0.25, 0.3) is 11.8 Å². The van der Waals surface area contributed by atoms with Gasteiger partial charge in [0.1, 0.15) is 6.04 Å². The molecule has 1 saturated carbocycles. The van der Waals surface area contributed by atoms with Gasteiger partial charge in [0.2, 0.25) is 0 Å². The van der Waals surface area contributed by atoms with E-state index in [0.717, 1.165) is 18.4 Å². The lowest BCUT2D eigenvalue weighted by Gasteiger charge is -2.34. The first-order valence-corrected chi connectivity index (χ1v) is 10.8. The van der Waals surface area contributed by atoms with Gasteiger partial charge in [0.15, 0.2) is 12.4 Å². The van der Waals surface area contributed by atoms with E-state index in [0.29, 0.717) is 11.8 Å². The number of hydrogen-bond acceptors (Lipinski definition) is 5. The molecule has 7 nitrogen and oxygen atoms in total. The highest BCUT2D eigenvalue weighted by Crippen LogP contribution is 2.29. The molecule has 0 bridgehead atoms. The maximum Gasteiger partial charge on any atom is 0.329 e. The molecule has 7 heteroatoms. The molecular weight excluding hydrogens is 396 g/mol. The van der Waals surface area contributed by atoms with Gasteiger partial charge < -0.3 is 19.8 Å². The monoisotopic (exact) mass is 426 g/mol. The average Bonchev–Trinajstić information content (AvgIpc) is 3.31. The third-order valence-corrected chi connectivity index (χ3v) is 6.02.